The van der Waals surface area contributed by atoms with E-state index in [1.807, 2.05) is 23.7 Å². The predicted octanol–water partition coefficient (Wildman–Crippen LogP) is 4.83. The van der Waals surface area contributed by atoms with Crippen LogP contribution in [-0.2, 0) is 11.2 Å². The molecule has 1 unspecified atom stereocenters. The minimum Gasteiger partial charge on any atom is -0.497 e. The van der Waals surface area contributed by atoms with E-state index in [2.05, 4.69) is 6.07 Å². The third kappa shape index (κ3) is 4.35. The number of aromatic nitrogens is 2. The number of ether oxygens (including phenoxy) is 1. The standard InChI is InChI=1S/C24H34N2O3/c1-24(28,18-9-3-4-10-18)16-19(27)11-6-12-21-23(17-7-5-8-17)22-15-20(29-2)13-14-26(22)25-21/h13-15,17-18,28H,3-12,16H2,1-2H3. The number of rotatable bonds is 9. The van der Waals surface area contributed by atoms with Gasteiger partial charge >= 0.3 is 0 Å². The maximum Gasteiger partial charge on any atom is 0.135 e. The molecule has 0 aliphatic heterocycles. The van der Waals surface area contributed by atoms with E-state index < -0.39 is 5.60 Å². The van der Waals surface area contributed by atoms with Gasteiger partial charge in [-0.25, -0.2) is 4.52 Å². The second-order valence-corrected chi connectivity index (χ2v) is 9.29. The molecular weight excluding hydrogens is 364 g/mol. The van der Waals surface area contributed by atoms with E-state index in [0.29, 0.717) is 12.3 Å². The largest absolute Gasteiger partial charge is 0.497 e. The Bertz CT molecular complexity index is 860. The van der Waals surface area contributed by atoms with Gasteiger partial charge in [0, 0.05) is 30.7 Å². The van der Waals surface area contributed by atoms with Crippen LogP contribution in [0.1, 0.15) is 88.3 Å². The van der Waals surface area contributed by atoms with Gasteiger partial charge in [0.1, 0.15) is 11.5 Å². The molecule has 0 aromatic carbocycles. The number of pyridine rings is 1. The Labute approximate surface area is 173 Å². The van der Waals surface area contributed by atoms with Crippen molar-refractivity contribution in [1.82, 2.24) is 9.61 Å². The summed E-state index contributed by atoms with van der Waals surface area (Å²) in [6.07, 6.45) is 12.5. The summed E-state index contributed by atoms with van der Waals surface area (Å²) in [5.74, 6) is 1.89. The molecule has 0 amide bonds. The molecule has 0 bridgehead atoms. The third-order valence-electron chi connectivity index (χ3n) is 7.13. The quantitative estimate of drug-likeness (QED) is 0.657. The minimum absolute atomic E-state index is 0.178. The molecule has 0 spiro atoms. The van der Waals surface area contributed by atoms with Gasteiger partial charge in [-0.1, -0.05) is 19.3 Å². The van der Waals surface area contributed by atoms with Gasteiger partial charge in [0.2, 0.25) is 0 Å². The molecule has 2 aromatic heterocycles. The van der Waals surface area contributed by atoms with Crippen molar-refractivity contribution in [2.45, 2.75) is 89.1 Å². The average Bonchev–Trinajstić information content (AvgIpc) is 3.29. The molecule has 2 heterocycles. The summed E-state index contributed by atoms with van der Waals surface area (Å²) in [4.78, 5) is 12.5. The van der Waals surface area contributed by atoms with Crippen LogP contribution in [0.3, 0.4) is 0 Å². The lowest BCUT2D eigenvalue weighted by atomic mass is 9.78. The van der Waals surface area contributed by atoms with Crippen LogP contribution in [0, 0.1) is 5.92 Å². The molecule has 5 nitrogen and oxygen atoms in total. The first-order valence-corrected chi connectivity index (χ1v) is 11.3. The second-order valence-electron chi connectivity index (χ2n) is 9.29. The Morgan fingerprint density at radius 3 is 2.69 bits per heavy atom. The molecule has 1 N–H and O–H groups in total. The van der Waals surface area contributed by atoms with Crippen molar-refractivity contribution in [3.8, 4) is 5.75 Å². The van der Waals surface area contributed by atoms with Crippen molar-refractivity contribution < 1.29 is 14.6 Å². The summed E-state index contributed by atoms with van der Waals surface area (Å²) in [6, 6.07) is 4.01. The number of methoxy groups -OCH3 is 1. The van der Waals surface area contributed by atoms with Gasteiger partial charge in [-0.2, -0.15) is 5.10 Å². The molecule has 2 saturated carbocycles. The molecule has 5 heteroatoms. The normalized spacial score (nSPS) is 20.0. The van der Waals surface area contributed by atoms with E-state index in [4.69, 9.17) is 9.84 Å². The average molecular weight is 399 g/mol. The molecule has 4 rings (SSSR count). The number of carbonyl (C=O) groups is 1. The van der Waals surface area contributed by atoms with Crippen LogP contribution in [0.4, 0.5) is 0 Å². The first-order valence-electron chi connectivity index (χ1n) is 11.3. The SMILES string of the molecule is COc1ccn2nc(CCCC(=O)CC(C)(O)C3CCCC3)c(C3CCC3)c2c1. The molecule has 2 fully saturated rings. The highest BCUT2D eigenvalue weighted by atomic mass is 16.5. The second kappa shape index (κ2) is 8.47. The molecule has 2 aliphatic carbocycles. The number of carbonyl (C=O) groups excluding carboxylic acids is 1. The molecule has 2 aliphatic rings. The summed E-state index contributed by atoms with van der Waals surface area (Å²) < 4.78 is 7.37. The van der Waals surface area contributed by atoms with Crippen molar-refractivity contribution >= 4 is 11.3 Å². The smallest absolute Gasteiger partial charge is 0.135 e. The number of hydrogen-bond donors (Lipinski definition) is 1. The highest BCUT2D eigenvalue weighted by Gasteiger charge is 2.35. The van der Waals surface area contributed by atoms with Gasteiger partial charge in [-0.05, 0) is 63.4 Å². The summed E-state index contributed by atoms with van der Waals surface area (Å²) in [6.45, 7) is 1.85. The van der Waals surface area contributed by atoms with Gasteiger partial charge < -0.3 is 9.84 Å². The van der Waals surface area contributed by atoms with E-state index in [0.717, 1.165) is 42.6 Å². The van der Waals surface area contributed by atoms with Crippen LogP contribution in [0.5, 0.6) is 5.75 Å². The molecule has 158 valence electrons. The Hall–Kier alpha value is -1.88. The maximum atomic E-state index is 12.5. The van der Waals surface area contributed by atoms with Crippen LogP contribution in [-0.4, -0.2) is 33.2 Å². The molecule has 2 aromatic rings. The van der Waals surface area contributed by atoms with Gasteiger partial charge in [0.05, 0.1) is 23.9 Å². The van der Waals surface area contributed by atoms with Gasteiger partial charge in [0.15, 0.2) is 0 Å². The number of ketones is 1. The minimum atomic E-state index is -0.843. The maximum absolute atomic E-state index is 12.5. The number of aryl methyl sites for hydroxylation is 1. The molecule has 0 saturated heterocycles. The van der Waals surface area contributed by atoms with Crippen LogP contribution >= 0.6 is 0 Å². The first-order chi connectivity index (χ1) is 14.0. The number of aliphatic hydroxyl groups is 1. The van der Waals surface area contributed by atoms with Crippen LogP contribution < -0.4 is 4.74 Å². The van der Waals surface area contributed by atoms with Crippen LogP contribution in [0.15, 0.2) is 18.3 Å². The third-order valence-corrected chi connectivity index (χ3v) is 7.13. The lowest BCUT2D eigenvalue weighted by Crippen LogP contribution is -2.35. The summed E-state index contributed by atoms with van der Waals surface area (Å²) in [5.41, 5.74) is 2.77. The summed E-state index contributed by atoms with van der Waals surface area (Å²) in [5, 5.41) is 15.6. The van der Waals surface area contributed by atoms with Crippen molar-refractivity contribution in [2.24, 2.45) is 5.92 Å². The Morgan fingerprint density at radius 1 is 1.28 bits per heavy atom. The Morgan fingerprint density at radius 2 is 2.03 bits per heavy atom. The van der Waals surface area contributed by atoms with Crippen molar-refractivity contribution in [3.63, 3.8) is 0 Å². The van der Waals surface area contributed by atoms with E-state index >= 15 is 0 Å². The molecule has 1 atom stereocenters. The predicted molar refractivity (Wildman–Crippen MR) is 113 cm³/mol. The number of Topliss-reactive ketones (excluding diaryl/α,β-unsaturated/α-hetero) is 1. The van der Waals surface area contributed by atoms with Crippen molar-refractivity contribution in [2.75, 3.05) is 7.11 Å². The topological polar surface area (TPSA) is 63.8 Å². The summed E-state index contributed by atoms with van der Waals surface area (Å²) in [7, 11) is 1.69. The van der Waals surface area contributed by atoms with E-state index in [1.54, 1.807) is 7.11 Å². The van der Waals surface area contributed by atoms with Crippen molar-refractivity contribution in [1.29, 1.82) is 0 Å². The highest BCUT2D eigenvalue weighted by Crippen LogP contribution is 2.41. The first kappa shape index (κ1) is 20.4. The monoisotopic (exact) mass is 398 g/mol. The van der Waals surface area contributed by atoms with Gasteiger partial charge in [-0.3, -0.25) is 4.79 Å². The number of fused-ring (bicyclic) bond motifs is 1. The van der Waals surface area contributed by atoms with Gasteiger partial charge in [-0.15, -0.1) is 0 Å². The zero-order chi connectivity index (χ0) is 20.4. The summed E-state index contributed by atoms with van der Waals surface area (Å²) >= 11 is 0. The van der Waals surface area contributed by atoms with E-state index in [-0.39, 0.29) is 18.1 Å². The van der Waals surface area contributed by atoms with Gasteiger partial charge in [0.25, 0.3) is 0 Å². The van der Waals surface area contributed by atoms with E-state index in [1.165, 1.54) is 37.7 Å². The van der Waals surface area contributed by atoms with Crippen molar-refractivity contribution in [3.05, 3.63) is 29.6 Å². The zero-order valence-electron chi connectivity index (χ0n) is 17.8. The number of nitrogens with zero attached hydrogens (tertiary/aromatic N) is 2. The molecular formula is C24H34N2O3. The lowest BCUT2D eigenvalue weighted by molar-refractivity contribution is -0.125. The van der Waals surface area contributed by atoms with Crippen LogP contribution in [0.25, 0.3) is 5.52 Å². The Balaban J connectivity index is 1.41. The fraction of sp³-hybridized carbons (Fsp3) is 0.667. The van der Waals surface area contributed by atoms with Crippen LogP contribution in [0.2, 0.25) is 0 Å². The Kier molecular flexibility index (Phi) is 5.95. The molecule has 29 heavy (non-hydrogen) atoms. The number of hydrogen-bond acceptors (Lipinski definition) is 4. The highest BCUT2D eigenvalue weighted by molar-refractivity contribution is 5.79. The lowest BCUT2D eigenvalue weighted by Gasteiger charge is -2.29. The van der Waals surface area contributed by atoms with E-state index in [9.17, 15) is 9.90 Å². The fourth-order valence-corrected chi connectivity index (χ4v) is 5.18. The fourth-order valence-electron chi connectivity index (χ4n) is 5.18. The molecule has 0 radical (unpaired) electrons. The zero-order valence-corrected chi connectivity index (χ0v) is 17.8.